The third kappa shape index (κ3) is 4.84. The summed E-state index contributed by atoms with van der Waals surface area (Å²) in [6, 6.07) is 8.82. The SMILES string of the molecule is CCC(CC)(COc1cccc(N)c1C(C)=N)NC(=O)c1ccnc(C)c1. The fourth-order valence-corrected chi connectivity index (χ4v) is 2.95. The van der Waals surface area contributed by atoms with Crippen LogP contribution < -0.4 is 15.8 Å². The lowest BCUT2D eigenvalue weighted by Crippen LogP contribution is -2.52. The molecule has 1 amide bonds. The number of nitrogens with one attached hydrogen (secondary N) is 2. The third-order valence-corrected chi connectivity index (χ3v) is 4.83. The first-order valence-corrected chi connectivity index (χ1v) is 9.14. The minimum Gasteiger partial charge on any atom is -0.490 e. The summed E-state index contributed by atoms with van der Waals surface area (Å²) in [7, 11) is 0. The summed E-state index contributed by atoms with van der Waals surface area (Å²) < 4.78 is 6.04. The zero-order chi connectivity index (χ0) is 20.0. The van der Waals surface area contributed by atoms with Gasteiger partial charge in [-0.1, -0.05) is 19.9 Å². The molecule has 4 N–H and O–H groups in total. The number of hydrogen-bond acceptors (Lipinski definition) is 5. The van der Waals surface area contributed by atoms with Crippen LogP contribution in [0.25, 0.3) is 0 Å². The molecule has 0 aliphatic heterocycles. The van der Waals surface area contributed by atoms with Crippen molar-refractivity contribution >= 4 is 17.3 Å². The van der Waals surface area contributed by atoms with Crippen molar-refractivity contribution in [2.24, 2.45) is 0 Å². The molecule has 0 aliphatic rings. The van der Waals surface area contributed by atoms with Gasteiger partial charge in [0.15, 0.2) is 0 Å². The number of carbonyl (C=O) groups excluding carboxylic acids is 1. The van der Waals surface area contributed by atoms with Crippen molar-refractivity contribution in [2.45, 2.75) is 46.1 Å². The van der Waals surface area contributed by atoms with E-state index in [1.54, 1.807) is 43.5 Å². The van der Waals surface area contributed by atoms with Gasteiger partial charge in [0.1, 0.15) is 12.4 Å². The molecule has 0 atom stereocenters. The molecule has 6 heteroatoms. The minimum atomic E-state index is -0.522. The van der Waals surface area contributed by atoms with Gasteiger partial charge in [0, 0.05) is 28.9 Å². The first kappa shape index (κ1) is 20.4. The average Bonchev–Trinajstić information content (AvgIpc) is 2.64. The van der Waals surface area contributed by atoms with E-state index in [4.69, 9.17) is 15.9 Å². The van der Waals surface area contributed by atoms with E-state index < -0.39 is 5.54 Å². The zero-order valence-corrected chi connectivity index (χ0v) is 16.4. The van der Waals surface area contributed by atoms with E-state index in [1.807, 2.05) is 20.8 Å². The van der Waals surface area contributed by atoms with Crippen molar-refractivity contribution in [1.29, 1.82) is 5.41 Å². The standard InChI is InChI=1S/C21H28N4O2/c1-5-21(6-2,25-20(26)16-10-11-24-14(3)12-16)13-27-18-9-7-8-17(23)19(18)15(4)22/h7-12,22H,5-6,13,23H2,1-4H3,(H,25,26). The number of nitrogen functional groups attached to an aromatic ring is 1. The Bertz CT molecular complexity index is 829. The lowest BCUT2D eigenvalue weighted by molar-refractivity contribution is 0.0837. The molecule has 1 aromatic carbocycles. The highest BCUT2D eigenvalue weighted by molar-refractivity contribution is 6.03. The summed E-state index contributed by atoms with van der Waals surface area (Å²) >= 11 is 0. The quantitative estimate of drug-likeness (QED) is 0.488. The molecule has 0 fully saturated rings. The highest BCUT2D eigenvalue weighted by Gasteiger charge is 2.30. The minimum absolute atomic E-state index is 0.149. The van der Waals surface area contributed by atoms with E-state index in [0.29, 0.717) is 47.7 Å². The van der Waals surface area contributed by atoms with E-state index >= 15 is 0 Å². The summed E-state index contributed by atoms with van der Waals surface area (Å²) in [6.45, 7) is 7.87. The van der Waals surface area contributed by atoms with Crippen molar-refractivity contribution in [1.82, 2.24) is 10.3 Å². The molecule has 0 unspecified atom stereocenters. The van der Waals surface area contributed by atoms with E-state index in [9.17, 15) is 4.79 Å². The maximum atomic E-state index is 12.7. The second kappa shape index (κ2) is 8.66. The highest BCUT2D eigenvalue weighted by atomic mass is 16.5. The number of nitrogens with two attached hydrogens (primary N) is 1. The number of aromatic nitrogens is 1. The molecule has 2 rings (SSSR count). The molecule has 0 bridgehead atoms. The van der Waals surface area contributed by atoms with Gasteiger partial charge in [-0.3, -0.25) is 9.78 Å². The van der Waals surface area contributed by atoms with E-state index in [-0.39, 0.29) is 5.91 Å². The predicted octanol–water partition coefficient (Wildman–Crippen LogP) is 3.73. The topological polar surface area (TPSA) is 101 Å². The normalized spacial score (nSPS) is 11.1. The number of benzene rings is 1. The van der Waals surface area contributed by atoms with Crippen LogP contribution in [0.2, 0.25) is 0 Å². The fraction of sp³-hybridized carbons (Fsp3) is 0.381. The Kier molecular flexibility index (Phi) is 6.55. The zero-order valence-electron chi connectivity index (χ0n) is 16.4. The van der Waals surface area contributed by atoms with Crippen molar-refractivity contribution in [2.75, 3.05) is 12.3 Å². The molecular weight excluding hydrogens is 340 g/mol. The maximum absolute atomic E-state index is 12.7. The number of rotatable bonds is 8. The van der Waals surface area contributed by atoms with E-state index in [1.165, 1.54) is 0 Å². The second-order valence-corrected chi connectivity index (χ2v) is 6.76. The van der Waals surface area contributed by atoms with Crippen LogP contribution in [0, 0.1) is 12.3 Å². The van der Waals surface area contributed by atoms with Crippen LogP contribution >= 0.6 is 0 Å². The van der Waals surface area contributed by atoms with Crippen molar-refractivity contribution in [3.63, 3.8) is 0 Å². The van der Waals surface area contributed by atoms with Crippen LogP contribution in [-0.2, 0) is 0 Å². The third-order valence-electron chi connectivity index (χ3n) is 4.83. The molecule has 0 saturated heterocycles. The summed E-state index contributed by atoms with van der Waals surface area (Å²) in [5, 5.41) is 11.1. The lowest BCUT2D eigenvalue weighted by Gasteiger charge is -2.33. The van der Waals surface area contributed by atoms with Gasteiger partial charge in [-0.05, 0) is 51.0 Å². The maximum Gasteiger partial charge on any atom is 0.251 e. The summed E-state index contributed by atoms with van der Waals surface area (Å²) in [5.41, 5.74) is 8.30. The van der Waals surface area contributed by atoms with Gasteiger partial charge in [0.2, 0.25) is 0 Å². The molecule has 2 aromatic rings. The fourth-order valence-electron chi connectivity index (χ4n) is 2.95. The Morgan fingerprint density at radius 3 is 2.59 bits per heavy atom. The second-order valence-electron chi connectivity index (χ2n) is 6.76. The van der Waals surface area contributed by atoms with Gasteiger partial charge in [0.05, 0.1) is 11.1 Å². The molecule has 144 valence electrons. The average molecular weight is 368 g/mol. The Labute approximate surface area is 160 Å². The number of anilines is 1. The van der Waals surface area contributed by atoms with Gasteiger partial charge in [-0.15, -0.1) is 0 Å². The molecule has 1 aromatic heterocycles. The van der Waals surface area contributed by atoms with Gasteiger partial charge < -0.3 is 21.2 Å². The van der Waals surface area contributed by atoms with Crippen molar-refractivity contribution < 1.29 is 9.53 Å². The van der Waals surface area contributed by atoms with Crippen LogP contribution in [0.3, 0.4) is 0 Å². The molecule has 0 radical (unpaired) electrons. The van der Waals surface area contributed by atoms with Gasteiger partial charge in [0.25, 0.3) is 5.91 Å². The summed E-state index contributed by atoms with van der Waals surface area (Å²) in [4.78, 5) is 16.9. The molecule has 0 aliphatic carbocycles. The number of aryl methyl sites for hydroxylation is 1. The van der Waals surface area contributed by atoms with Gasteiger partial charge in [-0.25, -0.2) is 0 Å². The van der Waals surface area contributed by atoms with Gasteiger partial charge in [-0.2, -0.15) is 0 Å². The number of nitrogens with zero attached hydrogens (tertiary/aromatic N) is 1. The Morgan fingerprint density at radius 2 is 2.00 bits per heavy atom. The Morgan fingerprint density at radius 1 is 1.30 bits per heavy atom. The van der Waals surface area contributed by atoms with E-state index in [2.05, 4.69) is 10.3 Å². The van der Waals surface area contributed by atoms with Crippen molar-refractivity contribution in [3.8, 4) is 5.75 Å². The van der Waals surface area contributed by atoms with E-state index in [0.717, 1.165) is 5.69 Å². The summed E-state index contributed by atoms with van der Waals surface area (Å²) in [5.74, 6) is 0.409. The van der Waals surface area contributed by atoms with Crippen LogP contribution in [0.5, 0.6) is 5.75 Å². The Hall–Kier alpha value is -2.89. The van der Waals surface area contributed by atoms with Crippen molar-refractivity contribution in [3.05, 3.63) is 53.3 Å². The number of ether oxygens (including phenoxy) is 1. The lowest BCUT2D eigenvalue weighted by atomic mass is 9.93. The number of hydrogen-bond donors (Lipinski definition) is 3. The summed E-state index contributed by atoms with van der Waals surface area (Å²) in [6.07, 6.45) is 3.05. The Balaban J connectivity index is 2.21. The number of carbonyl (C=O) groups is 1. The van der Waals surface area contributed by atoms with Crippen LogP contribution in [-0.4, -0.2) is 28.7 Å². The molecule has 0 spiro atoms. The monoisotopic (exact) mass is 368 g/mol. The molecule has 0 saturated carbocycles. The first-order valence-electron chi connectivity index (χ1n) is 9.14. The van der Waals surface area contributed by atoms with Gasteiger partial charge >= 0.3 is 0 Å². The largest absolute Gasteiger partial charge is 0.490 e. The smallest absolute Gasteiger partial charge is 0.251 e. The molecular formula is C21H28N4O2. The first-order chi connectivity index (χ1) is 12.8. The molecule has 1 heterocycles. The van der Waals surface area contributed by atoms with Crippen LogP contribution in [0.15, 0.2) is 36.5 Å². The number of pyridine rings is 1. The predicted molar refractivity (Wildman–Crippen MR) is 109 cm³/mol. The molecule has 6 nitrogen and oxygen atoms in total. The number of amides is 1. The van der Waals surface area contributed by atoms with Crippen LogP contribution in [0.4, 0.5) is 5.69 Å². The highest BCUT2D eigenvalue weighted by Crippen LogP contribution is 2.27. The molecule has 27 heavy (non-hydrogen) atoms. The van der Waals surface area contributed by atoms with Crippen LogP contribution in [0.1, 0.15) is 55.2 Å².